The van der Waals surface area contributed by atoms with Crippen LogP contribution < -0.4 is 9.80 Å². The maximum Gasteiger partial charge on any atom is 0.227 e. The van der Waals surface area contributed by atoms with Crippen LogP contribution in [0.5, 0.6) is 0 Å². The second-order valence-corrected chi connectivity index (χ2v) is 5.78. The highest BCUT2D eigenvalue weighted by Crippen LogP contribution is 2.30. The standard InChI is InChI=1S/C15H26N4/c1-5-7-12(2)13-8-6-11-19(13)15-16-10-9-14(17-15)18(3)4/h9-10,12-13H,5-8,11H2,1-4H3. The van der Waals surface area contributed by atoms with Gasteiger partial charge >= 0.3 is 0 Å². The van der Waals surface area contributed by atoms with Crippen molar-refractivity contribution in [2.75, 3.05) is 30.4 Å². The van der Waals surface area contributed by atoms with Gasteiger partial charge in [0, 0.05) is 32.9 Å². The van der Waals surface area contributed by atoms with Gasteiger partial charge in [0.1, 0.15) is 5.82 Å². The van der Waals surface area contributed by atoms with Gasteiger partial charge in [0.05, 0.1) is 0 Å². The van der Waals surface area contributed by atoms with Crippen molar-refractivity contribution in [3.05, 3.63) is 12.3 Å². The molecule has 0 aliphatic carbocycles. The van der Waals surface area contributed by atoms with Crippen LogP contribution in [0.3, 0.4) is 0 Å². The van der Waals surface area contributed by atoms with Gasteiger partial charge in [-0.15, -0.1) is 0 Å². The minimum atomic E-state index is 0.609. The van der Waals surface area contributed by atoms with Crippen molar-refractivity contribution in [3.8, 4) is 0 Å². The molecule has 106 valence electrons. The Balaban J connectivity index is 2.17. The quantitative estimate of drug-likeness (QED) is 0.816. The summed E-state index contributed by atoms with van der Waals surface area (Å²) in [4.78, 5) is 13.6. The Morgan fingerprint density at radius 3 is 2.95 bits per heavy atom. The summed E-state index contributed by atoms with van der Waals surface area (Å²) in [6.07, 6.45) is 6.95. The largest absolute Gasteiger partial charge is 0.363 e. The topological polar surface area (TPSA) is 32.3 Å². The minimum absolute atomic E-state index is 0.609. The van der Waals surface area contributed by atoms with Crippen LogP contribution in [0.1, 0.15) is 39.5 Å². The zero-order valence-electron chi connectivity index (χ0n) is 12.6. The van der Waals surface area contributed by atoms with Crippen molar-refractivity contribution in [2.24, 2.45) is 5.92 Å². The molecule has 0 aromatic carbocycles. The Morgan fingerprint density at radius 2 is 2.26 bits per heavy atom. The Labute approximate surface area is 116 Å². The van der Waals surface area contributed by atoms with E-state index in [2.05, 4.69) is 28.7 Å². The van der Waals surface area contributed by atoms with Crippen LogP contribution >= 0.6 is 0 Å². The zero-order chi connectivity index (χ0) is 13.8. The predicted molar refractivity (Wildman–Crippen MR) is 80.8 cm³/mol. The van der Waals surface area contributed by atoms with Gasteiger partial charge in [-0.25, -0.2) is 4.98 Å². The van der Waals surface area contributed by atoms with Gasteiger partial charge in [0.2, 0.25) is 5.95 Å². The maximum atomic E-state index is 4.69. The molecule has 1 aromatic heterocycles. The molecule has 2 unspecified atom stereocenters. The molecule has 1 aliphatic rings. The van der Waals surface area contributed by atoms with Crippen LogP contribution in [0.4, 0.5) is 11.8 Å². The second kappa shape index (κ2) is 6.22. The van der Waals surface area contributed by atoms with E-state index < -0.39 is 0 Å². The number of rotatable bonds is 5. The van der Waals surface area contributed by atoms with E-state index in [0.29, 0.717) is 6.04 Å². The summed E-state index contributed by atoms with van der Waals surface area (Å²) in [6, 6.07) is 2.57. The lowest BCUT2D eigenvalue weighted by atomic mass is 9.95. The molecule has 1 aromatic rings. The SMILES string of the molecule is CCCC(C)C1CCCN1c1nccc(N(C)C)n1. The number of anilines is 2. The Bertz CT molecular complexity index is 405. The third-order valence-corrected chi connectivity index (χ3v) is 4.04. The molecule has 19 heavy (non-hydrogen) atoms. The molecule has 0 bridgehead atoms. The molecule has 4 nitrogen and oxygen atoms in total. The van der Waals surface area contributed by atoms with Crippen LogP contribution in [0, 0.1) is 5.92 Å². The van der Waals surface area contributed by atoms with Crippen molar-refractivity contribution >= 4 is 11.8 Å². The van der Waals surface area contributed by atoms with Crippen molar-refractivity contribution in [1.82, 2.24) is 9.97 Å². The molecule has 2 rings (SSSR count). The molecule has 1 saturated heterocycles. The minimum Gasteiger partial charge on any atom is -0.363 e. The Morgan fingerprint density at radius 1 is 1.47 bits per heavy atom. The smallest absolute Gasteiger partial charge is 0.227 e. The molecule has 2 heterocycles. The maximum absolute atomic E-state index is 4.69. The van der Waals surface area contributed by atoms with E-state index >= 15 is 0 Å². The van der Waals surface area contributed by atoms with Crippen LogP contribution in [-0.2, 0) is 0 Å². The molecule has 0 amide bonds. The Hall–Kier alpha value is -1.32. The number of hydrogen-bond donors (Lipinski definition) is 0. The summed E-state index contributed by atoms with van der Waals surface area (Å²) in [5.74, 6) is 2.61. The first kappa shape index (κ1) is 14.1. The van der Waals surface area contributed by atoms with E-state index in [-0.39, 0.29) is 0 Å². The monoisotopic (exact) mass is 262 g/mol. The lowest BCUT2D eigenvalue weighted by Gasteiger charge is -2.30. The lowest BCUT2D eigenvalue weighted by Crippen LogP contribution is -2.35. The summed E-state index contributed by atoms with van der Waals surface area (Å²) in [7, 11) is 4.04. The van der Waals surface area contributed by atoms with Gasteiger partial charge in [0.25, 0.3) is 0 Å². The fourth-order valence-corrected chi connectivity index (χ4v) is 3.01. The third kappa shape index (κ3) is 3.17. The van der Waals surface area contributed by atoms with Crippen LogP contribution in [-0.4, -0.2) is 36.6 Å². The molecule has 1 fully saturated rings. The van der Waals surface area contributed by atoms with Gasteiger partial charge < -0.3 is 9.80 Å². The molecule has 2 atom stereocenters. The first-order valence-electron chi connectivity index (χ1n) is 7.40. The fraction of sp³-hybridized carbons (Fsp3) is 0.733. The van der Waals surface area contributed by atoms with Crippen molar-refractivity contribution in [2.45, 2.75) is 45.6 Å². The molecule has 0 spiro atoms. The predicted octanol–water partition coefficient (Wildman–Crippen LogP) is 2.95. The molecule has 1 aliphatic heterocycles. The average molecular weight is 262 g/mol. The highest BCUT2D eigenvalue weighted by Gasteiger charge is 2.30. The van der Waals surface area contributed by atoms with Gasteiger partial charge in [-0.3, -0.25) is 0 Å². The molecule has 0 saturated carbocycles. The third-order valence-electron chi connectivity index (χ3n) is 4.04. The fourth-order valence-electron chi connectivity index (χ4n) is 3.01. The molecular weight excluding hydrogens is 236 g/mol. The van der Waals surface area contributed by atoms with E-state index in [9.17, 15) is 0 Å². The summed E-state index contributed by atoms with van der Waals surface area (Å²) in [5, 5.41) is 0. The highest BCUT2D eigenvalue weighted by molar-refractivity contribution is 5.43. The van der Waals surface area contributed by atoms with Crippen molar-refractivity contribution in [1.29, 1.82) is 0 Å². The lowest BCUT2D eigenvalue weighted by molar-refractivity contribution is 0.418. The van der Waals surface area contributed by atoms with Gasteiger partial charge in [0.15, 0.2) is 0 Å². The zero-order valence-corrected chi connectivity index (χ0v) is 12.6. The first-order valence-corrected chi connectivity index (χ1v) is 7.40. The molecular formula is C15H26N4. The number of aromatic nitrogens is 2. The van der Waals surface area contributed by atoms with Gasteiger partial charge in [-0.2, -0.15) is 4.98 Å². The van der Waals surface area contributed by atoms with Crippen molar-refractivity contribution < 1.29 is 0 Å². The Kier molecular flexibility index (Phi) is 4.61. The molecule has 0 N–H and O–H groups in total. The van der Waals surface area contributed by atoms with Crippen LogP contribution in [0.15, 0.2) is 12.3 Å². The summed E-state index contributed by atoms with van der Waals surface area (Å²) in [6.45, 7) is 5.72. The van der Waals surface area contributed by atoms with E-state index in [1.165, 1.54) is 25.7 Å². The van der Waals surface area contributed by atoms with Gasteiger partial charge in [-0.05, 0) is 31.2 Å². The van der Waals surface area contributed by atoms with Crippen molar-refractivity contribution in [3.63, 3.8) is 0 Å². The number of nitrogens with zero attached hydrogens (tertiary/aromatic N) is 4. The first-order chi connectivity index (χ1) is 9.13. The molecule has 0 radical (unpaired) electrons. The van der Waals surface area contributed by atoms with E-state index in [0.717, 1.165) is 24.2 Å². The van der Waals surface area contributed by atoms with E-state index in [4.69, 9.17) is 0 Å². The average Bonchev–Trinajstić information content (AvgIpc) is 2.88. The molecule has 4 heteroatoms. The number of hydrogen-bond acceptors (Lipinski definition) is 4. The van der Waals surface area contributed by atoms with Gasteiger partial charge in [-0.1, -0.05) is 20.3 Å². The summed E-state index contributed by atoms with van der Waals surface area (Å²) >= 11 is 0. The van der Waals surface area contributed by atoms with Crippen LogP contribution in [0.2, 0.25) is 0 Å². The highest BCUT2D eigenvalue weighted by atomic mass is 15.3. The van der Waals surface area contributed by atoms with E-state index in [1.807, 2.05) is 31.3 Å². The summed E-state index contributed by atoms with van der Waals surface area (Å²) in [5.41, 5.74) is 0. The normalized spacial score (nSPS) is 20.6. The van der Waals surface area contributed by atoms with Crippen LogP contribution in [0.25, 0.3) is 0 Å². The second-order valence-electron chi connectivity index (χ2n) is 5.78. The summed E-state index contributed by atoms with van der Waals surface area (Å²) < 4.78 is 0. The van der Waals surface area contributed by atoms with E-state index in [1.54, 1.807) is 0 Å².